The molecule has 7 nitrogen and oxygen atoms in total. The number of benzene rings is 1. The van der Waals surface area contributed by atoms with Gasteiger partial charge in [-0.15, -0.1) is 0 Å². The lowest BCUT2D eigenvalue weighted by Crippen LogP contribution is -2.18. The van der Waals surface area contributed by atoms with E-state index in [2.05, 4.69) is 15.3 Å². The van der Waals surface area contributed by atoms with E-state index in [1.807, 2.05) is 31.2 Å². The van der Waals surface area contributed by atoms with E-state index in [0.29, 0.717) is 0 Å². The van der Waals surface area contributed by atoms with Crippen molar-refractivity contribution in [1.82, 2.24) is 9.97 Å². The van der Waals surface area contributed by atoms with Crippen molar-refractivity contribution in [2.45, 2.75) is 6.92 Å². The standard InChI is InChI=1S/C12H14N6O/c1-6-2-4-7(5-3-6)16-11-8(10(14)19)9(13)17-12(15)18-11/h2-5H,1H3,(H2,14,19)(H5,13,15,16,17,18). The number of nitrogen functional groups attached to an aromatic ring is 2. The van der Waals surface area contributed by atoms with Crippen molar-refractivity contribution in [3.63, 3.8) is 0 Å². The molecule has 0 unspecified atom stereocenters. The van der Waals surface area contributed by atoms with Gasteiger partial charge in [0.05, 0.1) is 0 Å². The molecule has 2 aromatic rings. The Labute approximate surface area is 109 Å². The highest BCUT2D eigenvalue weighted by molar-refractivity contribution is 6.02. The summed E-state index contributed by atoms with van der Waals surface area (Å²) >= 11 is 0. The zero-order chi connectivity index (χ0) is 14.0. The normalized spacial score (nSPS) is 10.2. The summed E-state index contributed by atoms with van der Waals surface area (Å²) in [5.41, 5.74) is 18.3. The number of carbonyl (C=O) groups is 1. The fourth-order valence-corrected chi connectivity index (χ4v) is 1.60. The van der Waals surface area contributed by atoms with Gasteiger partial charge in [0.2, 0.25) is 5.95 Å². The summed E-state index contributed by atoms with van der Waals surface area (Å²) in [7, 11) is 0. The van der Waals surface area contributed by atoms with Crippen molar-refractivity contribution in [2.24, 2.45) is 5.73 Å². The van der Waals surface area contributed by atoms with E-state index >= 15 is 0 Å². The molecule has 0 saturated carbocycles. The third-order valence-corrected chi connectivity index (χ3v) is 2.52. The molecule has 0 bridgehead atoms. The van der Waals surface area contributed by atoms with Crippen LogP contribution in [-0.2, 0) is 0 Å². The number of amides is 1. The molecule has 1 aromatic carbocycles. The van der Waals surface area contributed by atoms with Crippen LogP contribution in [0.4, 0.5) is 23.3 Å². The predicted octanol–water partition coefficient (Wildman–Crippen LogP) is 0.792. The smallest absolute Gasteiger partial charge is 0.256 e. The highest BCUT2D eigenvalue weighted by atomic mass is 16.1. The zero-order valence-corrected chi connectivity index (χ0v) is 10.3. The second kappa shape index (κ2) is 4.81. The average Bonchev–Trinajstić information content (AvgIpc) is 2.30. The molecule has 1 heterocycles. The van der Waals surface area contributed by atoms with Crippen LogP contribution in [0.5, 0.6) is 0 Å². The largest absolute Gasteiger partial charge is 0.383 e. The second-order valence-electron chi connectivity index (χ2n) is 4.05. The minimum atomic E-state index is -0.716. The molecule has 0 radical (unpaired) electrons. The van der Waals surface area contributed by atoms with Gasteiger partial charge in [0.15, 0.2) is 5.82 Å². The number of aromatic nitrogens is 2. The van der Waals surface area contributed by atoms with Gasteiger partial charge >= 0.3 is 0 Å². The molecule has 98 valence electrons. The lowest BCUT2D eigenvalue weighted by atomic mass is 10.2. The fourth-order valence-electron chi connectivity index (χ4n) is 1.60. The second-order valence-corrected chi connectivity index (χ2v) is 4.05. The molecule has 0 aliphatic carbocycles. The summed E-state index contributed by atoms with van der Waals surface area (Å²) in [6.07, 6.45) is 0. The molecule has 1 aromatic heterocycles. The fraction of sp³-hybridized carbons (Fsp3) is 0.0833. The minimum Gasteiger partial charge on any atom is -0.383 e. The van der Waals surface area contributed by atoms with Crippen LogP contribution in [0, 0.1) is 6.92 Å². The van der Waals surface area contributed by atoms with Gasteiger partial charge in [-0.25, -0.2) is 0 Å². The van der Waals surface area contributed by atoms with E-state index in [9.17, 15) is 4.79 Å². The first-order valence-electron chi connectivity index (χ1n) is 5.54. The molecule has 0 atom stereocenters. The Kier molecular flexibility index (Phi) is 3.19. The van der Waals surface area contributed by atoms with Crippen LogP contribution in [0.25, 0.3) is 0 Å². The van der Waals surface area contributed by atoms with Crippen molar-refractivity contribution in [1.29, 1.82) is 0 Å². The van der Waals surface area contributed by atoms with Crippen LogP contribution in [0.15, 0.2) is 24.3 Å². The molecule has 19 heavy (non-hydrogen) atoms. The summed E-state index contributed by atoms with van der Waals surface area (Å²) < 4.78 is 0. The number of anilines is 4. The lowest BCUT2D eigenvalue weighted by Gasteiger charge is -2.11. The first kappa shape index (κ1) is 12.6. The maximum atomic E-state index is 11.4. The maximum Gasteiger partial charge on any atom is 0.256 e. The zero-order valence-electron chi connectivity index (χ0n) is 10.3. The van der Waals surface area contributed by atoms with E-state index < -0.39 is 5.91 Å². The molecule has 0 spiro atoms. The van der Waals surface area contributed by atoms with E-state index in [0.717, 1.165) is 11.3 Å². The molecular weight excluding hydrogens is 244 g/mol. The Bertz CT molecular complexity index is 623. The third-order valence-electron chi connectivity index (χ3n) is 2.52. The minimum absolute atomic E-state index is 0.0229. The topological polar surface area (TPSA) is 133 Å². The SMILES string of the molecule is Cc1ccc(Nc2nc(N)nc(N)c2C(N)=O)cc1. The van der Waals surface area contributed by atoms with Gasteiger partial charge in [-0.2, -0.15) is 9.97 Å². The average molecular weight is 258 g/mol. The van der Waals surface area contributed by atoms with Crippen molar-refractivity contribution in [2.75, 3.05) is 16.8 Å². The highest BCUT2D eigenvalue weighted by Gasteiger charge is 2.16. The van der Waals surface area contributed by atoms with Crippen LogP contribution in [0.1, 0.15) is 15.9 Å². The number of nitrogens with zero attached hydrogens (tertiary/aromatic N) is 2. The van der Waals surface area contributed by atoms with Crippen molar-refractivity contribution >= 4 is 29.2 Å². The van der Waals surface area contributed by atoms with E-state index in [1.54, 1.807) is 0 Å². The number of hydrogen-bond acceptors (Lipinski definition) is 6. The summed E-state index contributed by atoms with van der Waals surface area (Å²) in [6.45, 7) is 1.97. The summed E-state index contributed by atoms with van der Waals surface area (Å²) in [5, 5.41) is 2.95. The summed E-state index contributed by atoms with van der Waals surface area (Å²) in [6, 6.07) is 7.52. The van der Waals surface area contributed by atoms with Gasteiger partial charge in [-0.05, 0) is 19.1 Å². The maximum absolute atomic E-state index is 11.4. The molecule has 0 aliphatic heterocycles. The van der Waals surface area contributed by atoms with Gasteiger partial charge in [-0.1, -0.05) is 17.7 Å². The molecule has 7 heteroatoms. The van der Waals surface area contributed by atoms with Crippen molar-refractivity contribution in [3.05, 3.63) is 35.4 Å². The van der Waals surface area contributed by atoms with E-state index in [4.69, 9.17) is 17.2 Å². The van der Waals surface area contributed by atoms with Crippen LogP contribution >= 0.6 is 0 Å². The number of rotatable bonds is 3. The third kappa shape index (κ3) is 2.71. The summed E-state index contributed by atoms with van der Waals surface area (Å²) in [4.78, 5) is 19.0. The number of primary amides is 1. The van der Waals surface area contributed by atoms with Gasteiger partial charge in [0.1, 0.15) is 11.4 Å². The lowest BCUT2D eigenvalue weighted by molar-refractivity contribution is 0.100. The molecule has 0 saturated heterocycles. The van der Waals surface area contributed by atoms with Crippen molar-refractivity contribution in [3.8, 4) is 0 Å². The Balaban J connectivity index is 2.44. The monoisotopic (exact) mass is 258 g/mol. The molecular formula is C12H14N6O. The van der Waals surface area contributed by atoms with Gasteiger partial charge in [-0.3, -0.25) is 4.79 Å². The van der Waals surface area contributed by atoms with Crippen LogP contribution < -0.4 is 22.5 Å². The Morgan fingerprint density at radius 2 is 1.79 bits per heavy atom. The molecule has 0 fully saturated rings. The van der Waals surface area contributed by atoms with Gasteiger partial charge < -0.3 is 22.5 Å². The number of carbonyl (C=O) groups excluding carboxylic acids is 1. The van der Waals surface area contributed by atoms with Crippen LogP contribution in [0.3, 0.4) is 0 Å². The van der Waals surface area contributed by atoms with E-state index in [1.165, 1.54) is 0 Å². The Hall–Kier alpha value is -2.83. The first-order valence-corrected chi connectivity index (χ1v) is 5.54. The molecule has 0 aliphatic rings. The van der Waals surface area contributed by atoms with Crippen LogP contribution in [-0.4, -0.2) is 15.9 Å². The van der Waals surface area contributed by atoms with Gasteiger partial charge in [0.25, 0.3) is 5.91 Å². The Morgan fingerprint density at radius 1 is 1.16 bits per heavy atom. The molecule has 2 rings (SSSR count). The number of hydrogen-bond donors (Lipinski definition) is 4. The summed E-state index contributed by atoms with van der Waals surface area (Å²) in [5.74, 6) is -0.597. The number of aryl methyl sites for hydroxylation is 1. The van der Waals surface area contributed by atoms with E-state index in [-0.39, 0.29) is 23.1 Å². The quantitative estimate of drug-likeness (QED) is 0.643. The number of nitrogens with one attached hydrogen (secondary N) is 1. The first-order chi connectivity index (χ1) is 8.97. The molecule has 1 amide bonds. The van der Waals surface area contributed by atoms with Gasteiger partial charge in [0, 0.05) is 5.69 Å². The number of nitrogens with two attached hydrogens (primary N) is 3. The van der Waals surface area contributed by atoms with Crippen LogP contribution in [0.2, 0.25) is 0 Å². The Morgan fingerprint density at radius 3 is 2.37 bits per heavy atom. The predicted molar refractivity (Wildman–Crippen MR) is 73.8 cm³/mol. The van der Waals surface area contributed by atoms with Crippen molar-refractivity contribution < 1.29 is 4.79 Å². The highest BCUT2D eigenvalue weighted by Crippen LogP contribution is 2.23. The molecule has 7 N–H and O–H groups in total.